The van der Waals surface area contributed by atoms with Crippen LogP contribution in [0.2, 0.25) is 0 Å². The Bertz CT molecular complexity index is 1090. The van der Waals surface area contributed by atoms with E-state index in [1.807, 2.05) is 0 Å². The summed E-state index contributed by atoms with van der Waals surface area (Å²) < 4.78 is 44.6. The first kappa shape index (κ1) is 21.1. The fourth-order valence-electron chi connectivity index (χ4n) is 2.74. The molecule has 3 rings (SSSR count). The van der Waals surface area contributed by atoms with E-state index in [0.29, 0.717) is 11.4 Å². The Kier molecular flexibility index (Phi) is 6.20. The zero-order chi connectivity index (χ0) is 21.7. The molecule has 0 radical (unpaired) electrons. The number of amides is 1. The number of aromatic nitrogens is 2. The molecule has 0 aliphatic carbocycles. The van der Waals surface area contributed by atoms with Crippen molar-refractivity contribution in [3.05, 3.63) is 82.1 Å². The van der Waals surface area contributed by atoms with E-state index in [0.717, 1.165) is 17.7 Å². The quantitative estimate of drug-likeness (QED) is 0.668. The van der Waals surface area contributed by atoms with E-state index >= 15 is 0 Å². The van der Waals surface area contributed by atoms with Gasteiger partial charge in [0.2, 0.25) is 0 Å². The molecular formula is C21H18F3N3O3. The molecule has 0 fully saturated rings. The van der Waals surface area contributed by atoms with Gasteiger partial charge in [-0.05, 0) is 48.5 Å². The second-order valence-electron chi connectivity index (χ2n) is 6.34. The molecule has 9 heteroatoms. The fraction of sp³-hybridized carbons (Fsp3) is 0.190. The number of ether oxygens (including phenoxy) is 1. The van der Waals surface area contributed by atoms with E-state index in [-0.39, 0.29) is 24.2 Å². The van der Waals surface area contributed by atoms with Crippen LogP contribution in [0.15, 0.2) is 65.5 Å². The number of halogens is 3. The third kappa shape index (κ3) is 5.05. The highest BCUT2D eigenvalue weighted by molar-refractivity contribution is 5.94. The SMILES string of the molecule is COc1ccc(-c2ccc(=O)n(CCNC(=O)c3cccc(C(F)(F)F)c3)n2)cc1. The van der Waals surface area contributed by atoms with Gasteiger partial charge in [0.1, 0.15) is 5.75 Å². The van der Waals surface area contributed by atoms with E-state index in [1.165, 1.54) is 22.9 Å². The number of benzene rings is 2. The summed E-state index contributed by atoms with van der Waals surface area (Å²) in [6.07, 6.45) is -4.53. The maximum Gasteiger partial charge on any atom is 0.416 e. The number of carbonyl (C=O) groups excluding carboxylic acids is 1. The van der Waals surface area contributed by atoms with Gasteiger partial charge in [0.05, 0.1) is 24.9 Å². The van der Waals surface area contributed by atoms with Crippen LogP contribution in [-0.4, -0.2) is 29.3 Å². The Morgan fingerprint density at radius 1 is 1.10 bits per heavy atom. The van der Waals surface area contributed by atoms with Crippen LogP contribution in [0.4, 0.5) is 13.2 Å². The maximum atomic E-state index is 12.8. The molecule has 0 aliphatic heterocycles. The molecular weight excluding hydrogens is 399 g/mol. The summed E-state index contributed by atoms with van der Waals surface area (Å²) in [6, 6.07) is 14.2. The summed E-state index contributed by atoms with van der Waals surface area (Å²) >= 11 is 0. The van der Waals surface area contributed by atoms with Gasteiger partial charge in [-0.1, -0.05) is 6.07 Å². The van der Waals surface area contributed by atoms with E-state index in [1.54, 1.807) is 37.4 Å². The lowest BCUT2D eigenvalue weighted by Crippen LogP contribution is -2.32. The fourth-order valence-corrected chi connectivity index (χ4v) is 2.74. The van der Waals surface area contributed by atoms with Gasteiger partial charge in [-0.15, -0.1) is 0 Å². The van der Waals surface area contributed by atoms with Gasteiger partial charge in [0.15, 0.2) is 0 Å². The van der Waals surface area contributed by atoms with Crippen LogP contribution in [0.5, 0.6) is 5.75 Å². The van der Waals surface area contributed by atoms with Crippen LogP contribution < -0.4 is 15.6 Å². The minimum Gasteiger partial charge on any atom is -0.497 e. The van der Waals surface area contributed by atoms with Crippen LogP contribution in [-0.2, 0) is 12.7 Å². The molecule has 1 amide bonds. The standard InChI is InChI=1S/C21H18F3N3O3/c1-30-17-7-5-14(6-8-17)18-9-10-19(28)27(26-18)12-11-25-20(29)15-3-2-4-16(13-15)21(22,23)24/h2-10,13H,11-12H2,1H3,(H,25,29). The third-order valence-electron chi connectivity index (χ3n) is 4.31. The number of nitrogens with one attached hydrogen (secondary N) is 1. The summed E-state index contributed by atoms with van der Waals surface area (Å²) in [5, 5.41) is 6.78. The van der Waals surface area contributed by atoms with Gasteiger partial charge in [0, 0.05) is 23.7 Å². The number of alkyl halides is 3. The van der Waals surface area contributed by atoms with Crippen molar-refractivity contribution in [1.29, 1.82) is 0 Å². The summed E-state index contributed by atoms with van der Waals surface area (Å²) in [5.41, 5.74) is -0.0445. The second-order valence-corrected chi connectivity index (χ2v) is 6.34. The lowest BCUT2D eigenvalue weighted by Gasteiger charge is -2.10. The van der Waals surface area contributed by atoms with E-state index in [4.69, 9.17) is 4.74 Å². The summed E-state index contributed by atoms with van der Waals surface area (Å²) in [6.45, 7) is 0.0849. The number of methoxy groups -OCH3 is 1. The molecule has 156 valence electrons. The molecule has 0 aliphatic rings. The average Bonchev–Trinajstić information content (AvgIpc) is 2.74. The van der Waals surface area contributed by atoms with Crippen LogP contribution in [0.25, 0.3) is 11.3 Å². The molecule has 30 heavy (non-hydrogen) atoms. The third-order valence-corrected chi connectivity index (χ3v) is 4.31. The van der Waals surface area contributed by atoms with Crippen molar-refractivity contribution in [3.8, 4) is 17.0 Å². The Morgan fingerprint density at radius 2 is 1.83 bits per heavy atom. The highest BCUT2D eigenvalue weighted by Gasteiger charge is 2.30. The predicted molar refractivity (Wildman–Crippen MR) is 104 cm³/mol. The van der Waals surface area contributed by atoms with Gasteiger partial charge in [-0.25, -0.2) is 4.68 Å². The van der Waals surface area contributed by atoms with Crippen molar-refractivity contribution in [3.63, 3.8) is 0 Å². The Hall–Kier alpha value is -3.62. The van der Waals surface area contributed by atoms with Gasteiger partial charge in [-0.2, -0.15) is 18.3 Å². The van der Waals surface area contributed by atoms with Crippen LogP contribution in [0.1, 0.15) is 15.9 Å². The molecule has 0 spiro atoms. The molecule has 2 aromatic carbocycles. The minimum absolute atomic E-state index is 0.0219. The Morgan fingerprint density at radius 3 is 2.50 bits per heavy atom. The number of nitrogens with zero attached hydrogens (tertiary/aromatic N) is 2. The molecule has 0 atom stereocenters. The van der Waals surface area contributed by atoms with E-state index < -0.39 is 17.6 Å². The van der Waals surface area contributed by atoms with Gasteiger partial charge >= 0.3 is 6.18 Å². The molecule has 0 saturated carbocycles. The lowest BCUT2D eigenvalue weighted by molar-refractivity contribution is -0.137. The summed E-state index contributed by atoms with van der Waals surface area (Å²) in [5.74, 6) is 0.0184. The Balaban J connectivity index is 1.67. The first-order chi connectivity index (χ1) is 14.3. The monoisotopic (exact) mass is 417 g/mol. The van der Waals surface area contributed by atoms with Crippen molar-refractivity contribution in [1.82, 2.24) is 15.1 Å². The average molecular weight is 417 g/mol. The van der Waals surface area contributed by atoms with E-state index in [9.17, 15) is 22.8 Å². The first-order valence-electron chi connectivity index (χ1n) is 8.96. The molecule has 1 N–H and O–H groups in total. The van der Waals surface area contributed by atoms with Crippen molar-refractivity contribution < 1.29 is 22.7 Å². The highest BCUT2D eigenvalue weighted by Crippen LogP contribution is 2.29. The molecule has 0 bridgehead atoms. The molecule has 6 nitrogen and oxygen atoms in total. The zero-order valence-corrected chi connectivity index (χ0v) is 15.9. The zero-order valence-electron chi connectivity index (χ0n) is 15.9. The normalized spacial score (nSPS) is 11.2. The van der Waals surface area contributed by atoms with Gasteiger partial charge < -0.3 is 10.1 Å². The maximum absolute atomic E-state index is 12.8. The largest absolute Gasteiger partial charge is 0.497 e. The number of rotatable bonds is 6. The van der Waals surface area contributed by atoms with Crippen LogP contribution in [0, 0.1) is 0 Å². The number of carbonyl (C=O) groups is 1. The van der Waals surface area contributed by atoms with Crippen molar-refractivity contribution in [2.24, 2.45) is 0 Å². The minimum atomic E-state index is -4.53. The molecule has 1 heterocycles. The highest BCUT2D eigenvalue weighted by atomic mass is 19.4. The number of hydrogen-bond donors (Lipinski definition) is 1. The molecule has 0 saturated heterocycles. The van der Waals surface area contributed by atoms with Crippen molar-refractivity contribution >= 4 is 5.91 Å². The van der Waals surface area contributed by atoms with Gasteiger partial charge in [0.25, 0.3) is 11.5 Å². The first-order valence-corrected chi connectivity index (χ1v) is 8.96. The van der Waals surface area contributed by atoms with Crippen LogP contribution >= 0.6 is 0 Å². The number of hydrogen-bond acceptors (Lipinski definition) is 4. The summed E-state index contributed by atoms with van der Waals surface area (Å²) in [7, 11) is 1.56. The molecule has 0 unspecified atom stereocenters. The lowest BCUT2D eigenvalue weighted by atomic mass is 10.1. The molecule has 3 aromatic rings. The smallest absolute Gasteiger partial charge is 0.416 e. The van der Waals surface area contributed by atoms with Crippen LogP contribution in [0.3, 0.4) is 0 Å². The Labute approximate surface area is 169 Å². The van der Waals surface area contributed by atoms with Crippen molar-refractivity contribution in [2.45, 2.75) is 12.7 Å². The van der Waals surface area contributed by atoms with Gasteiger partial charge in [-0.3, -0.25) is 9.59 Å². The summed E-state index contributed by atoms with van der Waals surface area (Å²) in [4.78, 5) is 24.2. The van der Waals surface area contributed by atoms with Crippen molar-refractivity contribution in [2.75, 3.05) is 13.7 Å². The topological polar surface area (TPSA) is 73.2 Å². The van der Waals surface area contributed by atoms with E-state index in [2.05, 4.69) is 10.4 Å². The molecule has 1 aromatic heterocycles. The second kappa shape index (κ2) is 8.81. The predicted octanol–water partition coefficient (Wildman–Crippen LogP) is 3.37.